The van der Waals surface area contributed by atoms with Gasteiger partial charge in [-0.3, -0.25) is 4.79 Å². The first-order chi connectivity index (χ1) is 9.72. The van der Waals surface area contributed by atoms with Gasteiger partial charge in [0.1, 0.15) is 5.78 Å². The van der Waals surface area contributed by atoms with Gasteiger partial charge in [0.15, 0.2) is 0 Å². The van der Waals surface area contributed by atoms with Crippen molar-refractivity contribution in [1.29, 1.82) is 0 Å². The Labute approximate surface area is 122 Å². The van der Waals surface area contributed by atoms with E-state index in [1.807, 2.05) is 24.4 Å². The van der Waals surface area contributed by atoms with Crippen LogP contribution in [-0.4, -0.2) is 17.4 Å². The van der Waals surface area contributed by atoms with E-state index in [4.69, 9.17) is 4.74 Å². The van der Waals surface area contributed by atoms with Crippen molar-refractivity contribution in [2.45, 2.75) is 32.3 Å². The highest BCUT2D eigenvalue weighted by Crippen LogP contribution is 2.30. The summed E-state index contributed by atoms with van der Waals surface area (Å²) >= 11 is 1.59. The van der Waals surface area contributed by atoms with Crippen LogP contribution in [0.1, 0.15) is 34.4 Å². The molecule has 1 aromatic carbocycles. The number of aryl methyl sites for hydroxylation is 1. The van der Waals surface area contributed by atoms with E-state index >= 15 is 0 Å². The number of benzene rings is 1. The van der Waals surface area contributed by atoms with Crippen LogP contribution in [-0.2, 0) is 22.4 Å². The van der Waals surface area contributed by atoms with E-state index in [1.54, 1.807) is 11.3 Å². The SMILES string of the molecule is Cc1nc(CC(=O)CC2OCCc3ccccc32)cs1. The van der Waals surface area contributed by atoms with Gasteiger partial charge in [-0.25, -0.2) is 4.98 Å². The topological polar surface area (TPSA) is 39.2 Å². The Morgan fingerprint density at radius 1 is 1.45 bits per heavy atom. The van der Waals surface area contributed by atoms with Crippen molar-refractivity contribution in [2.75, 3.05) is 6.61 Å². The first kappa shape index (κ1) is 13.5. The van der Waals surface area contributed by atoms with E-state index < -0.39 is 0 Å². The van der Waals surface area contributed by atoms with Crippen LogP contribution in [0.4, 0.5) is 0 Å². The zero-order valence-corrected chi connectivity index (χ0v) is 12.3. The number of thiazole rings is 1. The second-order valence-corrected chi connectivity index (χ2v) is 6.15. The predicted molar refractivity (Wildman–Crippen MR) is 79.0 cm³/mol. The van der Waals surface area contributed by atoms with Crippen molar-refractivity contribution in [3.63, 3.8) is 0 Å². The van der Waals surface area contributed by atoms with Crippen LogP contribution in [0.5, 0.6) is 0 Å². The molecule has 20 heavy (non-hydrogen) atoms. The molecular weight excluding hydrogens is 270 g/mol. The maximum atomic E-state index is 12.2. The number of hydrogen-bond donors (Lipinski definition) is 0. The average molecular weight is 287 g/mol. The minimum Gasteiger partial charge on any atom is -0.373 e. The Kier molecular flexibility index (Phi) is 3.94. The van der Waals surface area contributed by atoms with Crippen LogP contribution in [0.25, 0.3) is 0 Å². The summed E-state index contributed by atoms with van der Waals surface area (Å²) in [5.74, 6) is 0.192. The van der Waals surface area contributed by atoms with Crippen LogP contribution in [0.2, 0.25) is 0 Å². The number of aromatic nitrogens is 1. The summed E-state index contributed by atoms with van der Waals surface area (Å²) in [6, 6.07) is 8.24. The third-order valence-electron chi connectivity index (χ3n) is 3.55. The summed E-state index contributed by atoms with van der Waals surface area (Å²) in [6.45, 7) is 2.66. The van der Waals surface area contributed by atoms with Gasteiger partial charge in [-0.15, -0.1) is 11.3 Å². The molecule has 4 heteroatoms. The maximum Gasteiger partial charge on any atom is 0.141 e. The molecule has 0 N–H and O–H groups in total. The number of ketones is 1. The molecule has 1 aliphatic heterocycles. The highest BCUT2D eigenvalue weighted by atomic mass is 32.1. The van der Waals surface area contributed by atoms with Gasteiger partial charge >= 0.3 is 0 Å². The third kappa shape index (κ3) is 2.97. The molecule has 3 rings (SSSR count). The number of nitrogens with zero attached hydrogens (tertiary/aromatic N) is 1. The predicted octanol–water partition coefficient (Wildman–Crippen LogP) is 3.27. The number of carbonyl (C=O) groups excluding carboxylic acids is 1. The van der Waals surface area contributed by atoms with E-state index in [1.165, 1.54) is 11.1 Å². The molecular formula is C16H17NO2S. The normalized spacial score (nSPS) is 17.8. The van der Waals surface area contributed by atoms with E-state index in [-0.39, 0.29) is 11.9 Å². The van der Waals surface area contributed by atoms with Gasteiger partial charge in [-0.2, -0.15) is 0 Å². The highest BCUT2D eigenvalue weighted by molar-refractivity contribution is 7.09. The lowest BCUT2D eigenvalue weighted by atomic mass is 9.94. The smallest absolute Gasteiger partial charge is 0.141 e. The molecule has 2 heterocycles. The van der Waals surface area contributed by atoms with Crippen molar-refractivity contribution >= 4 is 17.1 Å². The molecule has 0 radical (unpaired) electrons. The fourth-order valence-corrected chi connectivity index (χ4v) is 3.23. The Hall–Kier alpha value is -1.52. The zero-order chi connectivity index (χ0) is 13.9. The van der Waals surface area contributed by atoms with Crippen molar-refractivity contribution in [1.82, 2.24) is 4.98 Å². The van der Waals surface area contributed by atoms with Gasteiger partial charge < -0.3 is 4.74 Å². The van der Waals surface area contributed by atoms with E-state index in [0.717, 1.165) is 17.1 Å². The zero-order valence-electron chi connectivity index (χ0n) is 11.5. The minimum atomic E-state index is -0.0906. The molecule has 0 spiro atoms. The average Bonchev–Trinajstić information content (AvgIpc) is 2.84. The van der Waals surface area contributed by atoms with Crippen LogP contribution < -0.4 is 0 Å². The van der Waals surface area contributed by atoms with Gasteiger partial charge in [-0.1, -0.05) is 24.3 Å². The Morgan fingerprint density at radius 2 is 2.30 bits per heavy atom. The quantitative estimate of drug-likeness (QED) is 0.866. The Balaban J connectivity index is 1.68. The molecule has 0 bridgehead atoms. The van der Waals surface area contributed by atoms with Crippen molar-refractivity contribution in [3.05, 3.63) is 51.5 Å². The largest absolute Gasteiger partial charge is 0.373 e. The summed E-state index contributed by atoms with van der Waals surface area (Å²) in [5.41, 5.74) is 3.35. The van der Waals surface area contributed by atoms with E-state index in [0.29, 0.717) is 19.4 Å². The van der Waals surface area contributed by atoms with Crippen LogP contribution in [0.3, 0.4) is 0 Å². The number of carbonyl (C=O) groups is 1. The summed E-state index contributed by atoms with van der Waals surface area (Å²) in [5, 5.41) is 2.97. The molecule has 0 saturated carbocycles. The van der Waals surface area contributed by atoms with Crippen molar-refractivity contribution in [3.8, 4) is 0 Å². The van der Waals surface area contributed by atoms with Gasteiger partial charge in [0.05, 0.1) is 23.4 Å². The monoisotopic (exact) mass is 287 g/mol. The second kappa shape index (κ2) is 5.85. The summed E-state index contributed by atoms with van der Waals surface area (Å²) in [6.07, 6.45) is 1.69. The van der Waals surface area contributed by atoms with Crippen LogP contribution in [0.15, 0.2) is 29.6 Å². The summed E-state index contributed by atoms with van der Waals surface area (Å²) in [4.78, 5) is 16.5. The standard InChI is InChI=1S/C16H17NO2S/c1-11-17-13(10-20-11)8-14(18)9-16-15-5-3-2-4-12(15)6-7-19-16/h2-5,10,16H,6-9H2,1H3. The molecule has 1 aliphatic rings. The fourth-order valence-electron chi connectivity index (χ4n) is 2.62. The Bertz CT molecular complexity index is 620. The lowest BCUT2D eigenvalue weighted by molar-refractivity contribution is -0.121. The van der Waals surface area contributed by atoms with Gasteiger partial charge in [0, 0.05) is 18.2 Å². The number of rotatable bonds is 4. The van der Waals surface area contributed by atoms with Crippen molar-refractivity contribution in [2.24, 2.45) is 0 Å². The summed E-state index contributed by atoms with van der Waals surface area (Å²) in [7, 11) is 0. The number of fused-ring (bicyclic) bond motifs is 1. The van der Waals surface area contributed by atoms with Crippen LogP contribution in [0, 0.1) is 6.92 Å². The molecule has 1 aromatic heterocycles. The summed E-state index contributed by atoms with van der Waals surface area (Å²) < 4.78 is 5.78. The van der Waals surface area contributed by atoms with E-state index in [2.05, 4.69) is 17.1 Å². The minimum absolute atomic E-state index is 0.0906. The molecule has 3 nitrogen and oxygen atoms in total. The molecule has 1 atom stereocenters. The number of hydrogen-bond acceptors (Lipinski definition) is 4. The highest BCUT2D eigenvalue weighted by Gasteiger charge is 2.23. The van der Waals surface area contributed by atoms with E-state index in [9.17, 15) is 4.79 Å². The molecule has 104 valence electrons. The molecule has 0 saturated heterocycles. The second-order valence-electron chi connectivity index (χ2n) is 5.09. The van der Waals surface area contributed by atoms with Crippen molar-refractivity contribution < 1.29 is 9.53 Å². The van der Waals surface area contributed by atoms with Gasteiger partial charge in [0.25, 0.3) is 0 Å². The van der Waals surface area contributed by atoms with Gasteiger partial charge in [0.2, 0.25) is 0 Å². The lowest BCUT2D eigenvalue weighted by Crippen LogP contribution is -2.19. The molecule has 1 unspecified atom stereocenters. The molecule has 2 aromatic rings. The fraction of sp³-hybridized carbons (Fsp3) is 0.375. The number of Topliss-reactive ketones (excluding diaryl/α,β-unsaturated/α-hetero) is 1. The lowest BCUT2D eigenvalue weighted by Gasteiger charge is -2.25. The first-order valence-electron chi connectivity index (χ1n) is 6.84. The molecule has 0 amide bonds. The van der Waals surface area contributed by atoms with Crippen LogP contribution >= 0.6 is 11.3 Å². The number of ether oxygens (including phenoxy) is 1. The van der Waals surface area contributed by atoms with Gasteiger partial charge in [-0.05, 0) is 24.5 Å². The molecule has 0 aliphatic carbocycles. The third-order valence-corrected chi connectivity index (χ3v) is 4.37. The first-order valence-corrected chi connectivity index (χ1v) is 7.72. The Morgan fingerprint density at radius 3 is 3.10 bits per heavy atom. The molecule has 0 fully saturated rings. The maximum absolute atomic E-state index is 12.2.